The van der Waals surface area contributed by atoms with Gasteiger partial charge in [-0.05, 0) is 57.3 Å². The van der Waals surface area contributed by atoms with Crippen molar-refractivity contribution in [2.45, 2.75) is 49.6 Å². The van der Waals surface area contributed by atoms with Crippen LogP contribution in [0, 0.1) is 0 Å². The number of hydrogen-bond acceptors (Lipinski definition) is 5. The number of carbonyl (C=O) groups excluding carboxylic acids is 2. The van der Waals surface area contributed by atoms with Crippen LogP contribution < -0.4 is 10.2 Å². The van der Waals surface area contributed by atoms with Crippen molar-refractivity contribution in [1.82, 2.24) is 25.1 Å². The molecule has 8 nitrogen and oxygen atoms in total. The summed E-state index contributed by atoms with van der Waals surface area (Å²) >= 11 is 0. The number of likely N-dealkylation sites (tertiary alicyclic amines) is 1. The van der Waals surface area contributed by atoms with Gasteiger partial charge in [0.05, 0.1) is 36.6 Å². The molecule has 3 fully saturated rings. The molecule has 0 atom stereocenters. The van der Waals surface area contributed by atoms with E-state index in [0.29, 0.717) is 24.5 Å². The zero-order valence-corrected chi connectivity index (χ0v) is 22.3. The minimum absolute atomic E-state index is 0.0282. The number of benzene rings is 1. The Kier molecular flexibility index (Phi) is 5.94. The van der Waals surface area contributed by atoms with Crippen molar-refractivity contribution in [3.8, 4) is 0 Å². The van der Waals surface area contributed by atoms with Gasteiger partial charge in [-0.2, -0.15) is 0 Å². The number of aromatic nitrogens is 2. The third-order valence-electron chi connectivity index (χ3n) is 8.90. The molecule has 1 spiro atoms. The van der Waals surface area contributed by atoms with Gasteiger partial charge in [-0.3, -0.25) is 14.6 Å². The maximum Gasteiger partial charge on any atom is 0.322 e. The Bertz CT molecular complexity index is 1350. The van der Waals surface area contributed by atoms with E-state index in [1.165, 1.54) is 5.56 Å². The summed E-state index contributed by atoms with van der Waals surface area (Å²) in [6.45, 7) is 0.604. The maximum absolute atomic E-state index is 13.1. The van der Waals surface area contributed by atoms with Crippen molar-refractivity contribution in [2.75, 3.05) is 32.6 Å². The molecule has 0 bridgehead atoms. The fraction of sp³-hybridized carbons (Fsp3) is 0.400. The molecular formula is C30H34N6O2. The summed E-state index contributed by atoms with van der Waals surface area (Å²) in [7, 11) is 6.12. The van der Waals surface area contributed by atoms with Crippen molar-refractivity contribution in [3.05, 3.63) is 83.6 Å². The van der Waals surface area contributed by atoms with Crippen molar-refractivity contribution < 1.29 is 9.59 Å². The van der Waals surface area contributed by atoms with Crippen molar-refractivity contribution in [3.63, 3.8) is 0 Å². The minimum Gasteiger partial charge on any atom is -0.330 e. The third kappa shape index (κ3) is 3.95. The van der Waals surface area contributed by atoms with Crippen LogP contribution >= 0.6 is 0 Å². The van der Waals surface area contributed by atoms with Gasteiger partial charge in [-0.1, -0.05) is 48.6 Å². The predicted octanol–water partition coefficient (Wildman–Crippen LogP) is 4.24. The lowest BCUT2D eigenvalue weighted by Crippen LogP contribution is -2.54. The normalized spacial score (nSPS) is 27.2. The molecule has 38 heavy (non-hydrogen) atoms. The second-order valence-electron chi connectivity index (χ2n) is 11.1. The first-order chi connectivity index (χ1) is 18.3. The molecule has 4 aliphatic rings. The van der Waals surface area contributed by atoms with Gasteiger partial charge >= 0.3 is 6.03 Å². The second kappa shape index (κ2) is 9.20. The molecule has 2 aliphatic carbocycles. The highest BCUT2D eigenvalue weighted by Crippen LogP contribution is 2.46. The number of hydrogen-bond donors (Lipinski definition) is 1. The average Bonchev–Trinajstić information content (AvgIpc) is 3.30. The SMILES string of the molecule is CN1C(=O)CC2=C(c3ncc(N4CC5(CCC(c6ccccc6)(N(C)C)CC5)NC4=O)cn3)C=CCC=C21. The Hall–Kier alpha value is -3.78. The fourth-order valence-corrected chi connectivity index (χ4v) is 6.55. The van der Waals surface area contributed by atoms with Crippen molar-refractivity contribution in [1.29, 1.82) is 0 Å². The smallest absolute Gasteiger partial charge is 0.322 e. The Labute approximate surface area is 223 Å². The summed E-state index contributed by atoms with van der Waals surface area (Å²) in [6.07, 6.45) is 14.4. The van der Waals surface area contributed by atoms with Gasteiger partial charge in [0.25, 0.3) is 0 Å². The summed E-state index contributed by atoms with van der Waals surface area (Å²) < 4.78 is 0. The Morgan fingerprint density at radius 2 is 1.71 bits per heavy atom. The molecule has 2 aromatic rings. The van der Waals surface area contributed by atoms with Crippen molar-refractivity contribution in [2.24, 2.45) is 0 Å². The molecule has 0 radical (unpaired) electrons. The van der Waals surface area contributed by atoms with Crippen LogP contribution in [0.4, 0.5) is 10.5 Å². The van der Waals surface area contributed by atoms with Crippen LogP contribution in [-0.4, -0.2) is 64.9 Å². The zero-order chi connectivity index (χ0) is 26.5. The number of fused-ring (bicyclic) bond motifs is 1. The summed E-state index contributed by atoms with van der Waals surface area (Å²) in [5.74, 6) is 0.647. The molecular weight excluding hydrogens is 476 g/mol. The van der Waals surface area contributed by atoms with E-state index in [1.54, 1.807) is 22.2 Å². The number of allylic oxidation sites excluding steroid dienone is 5. The largest absolute Gasteiger partial charge is 0.330 e. The number of urea groups is 1. The van der Waals surface area contributed by atoms with Gasteiger partial charge in [0.1, 0.15) is 0 Å². The number of rotatable bonds is 4. The van der Waals surface area contributed by atoms with Gasteiger partial charge in [0.15, 0.2) is 5.82 Å². The average molecular weight is 511 g/mol. The van der Waals surface area contributed by atoms with E-state index in [1.807, 2.05) is 13.1 Å². The summed E-state index contributed by atoms with van der Waals surface area (Å²) in [5, 5.41) is 3.31. The summed E-state index contributed by atoms with van der Waals surface area (Å²) in [5.41, 5.74) is 4.50. The monoisotopic (exact) mass is 510 g/mol. The highest BCUT2D eigenvalue weighted by atomic mass is 16.2. The van der Waals surface area contributed by atoms with Crippen LogP contribution in [-0.2, 0) is 10.3 Å². The number of amides is 3. The van der Waals surface area contributed by atoms with Gasteiger partial charge in [-0.25, -0.2) is 14.8 Å². The third-order valence-corrected chi connectivity index (χ3v) is 8.90. The number of nitrogens with zero attached hydrogens (tertiary/aromatic N) is 5. The number of likely N-dealkylation sites (N-methyl/N-ethyl adjacent to an activating group) is 1. The van der Waals surface area contributed by atoms with Crippen LogP contribution in [0.1, 0.15) is 49.9 Å². The molecule has 2 aliphatic heterocycles. The topological polar surface area (TPSA) is 81.7 Å². The standard InChI is InChI=1S/C30H34N6O2/c1-34(2)30(21-9-5-4-6-10-21)15-13-29(14-16-30)20-36(28(38)33-29)22-18-31-27(32-19-22)23-11-7-8-12-25-24(23)17-26(37)35(25)3/h4-7,9-12,18-19H,8,13-17,20H2,1-3H3,(H,33,38). The van der Waals surface area contributed by atoms with Crippen LogP contribution in [0.2, 0.25) is 0 Å². The van der Waals surface area contributed by atoms with E-state index in [9.17, 15) is 9.59 Å². The number of carbonyl (C=O) groups is 2. The van der Waals surface area contributed by atoms with E-state index in [-0.39, 0.29) is 23.0 Å². The van der Waals surface area contributed by atoms with Crippen LogP contribution in [0.25, 0.3) is 5.57 Å². The Balaban J connectivity index is 1.21. The first-order valence-corrected chi connectivity index (χ1v) is 13.3. The van der Waals surface area contributed by atoms with Gasteiger partial charge in [0.2, 0.25) is 5.91 Å². The van der Waals surface area contributed by atoms with Crippen molar-refractivity contribution >= 4 is 23.2 Å². The molecule has 3 heterocycles. The quantitative estimate of drug-likeness (QED) is 0.666. The van der Waals surface area contributed by atoms with Crippen LogP contribution in [0.3, 0.4) is 0 Å². The van der Waals surface area contributed by atoms with E-state index in [0.717, 1.165) is 48.9 Å². The van der Waals surface area contributed by atoms with Crippen LogP contribution in [0.5, 0.6) is 0 Å². The zero-order valence-electron chi connectivity index (χ0n) is 22.3. The molecule has 2 saturated heterocycles. The highest BCUT2D eigenvalue weighted by molar-refractivity contribution is 5.95. The van der Waals surface area contributed by atoms with Gasteiger partial charge < -0.3 is 10.2 Å². The lowest BCUT2D eigenvalue weighted by Gasteiger charge is -2.48. The molecule has 1 aromatic heterocycles. The maximum atomic E-state index is 13.1. The molecule has 1 aromatic carbocycles. The second-order valence-corrected chi connectivity index (χ2v) is 11.1. The minimum atomic E-state index is -0.257. The molecule has 8 heteroatoms. The lowest BCUT2D eigenvalue weighted by molar-refractivity contribution is -0.125. The first-order valence-electron chi connectivity index (χ1n) is 13.3. The fourth-order valence-electron chi connectivity index (χ4n) is 6.55. The molecule has 6 rings (SSSR count). The van der Waals surface area contributed by atoms with Crippen LogP contribution in [0.15, 0.2) is 72.2 Å². The Morgan fingerprint density at radius 3 is 2.39 bits per heavy atom. The highest BCUT2D eigenvalue weighted by Gasteiger charge is 2.50. The van der Waals surface area contributed by atoms with Gasteiger partial charge in [-0.15, -0.1) is 0 Å². The van der Waals surface area contributed by atoms with E-state index < -0.39 is 0 Å². The first kappa shape index (κ1) is 24.6. The Morgan fingerprint density at radius 1 is 1.00 bits per heavy atom. The summed E-state index contributed by atoms with van der Waals surface area (Å²) in [4.78, 5) is 40.6. The number of anilines is 1. The predicted molar refractivity (Wildman–Crippen MR) is 147 cm³/mol. The summed E-state index contributed by atoms with van der Waals surface area (Å²) in [6, 6.07) is 10.6. The van der Waals surface area contributed by atoms with Gasteiger partial charge in [0, 0.05) is 23.9 Å². The molecule has 1 saturated carbocycles. The van der Waals surface area contributed by atoms with E-state index >= 15 is 0 Å². The number of nitrogens with one attached hydrogen (secondary N) is 1. The molecule has 3 amide bonds. The molecule has 0 unspecified atom stereocenters. The molecule has 1 N–H and O–H groups in total. The van der Waals surface area contributed by atoms with E-state index in [2.05, 4.69) is 76.8 Å². The van der Waals surface area contributed by atoms with E-state index in [4.69, 9.17) is 0 Å². The lowest BCUT2D eigenvalue weighted by atomic mass is 9.69. The molecule has 196 valence electrons.